The first kappa shape index (κ1) is 24.0. The summed E-state index contributed by atoms with van der Waals surface area (Å²) in [5.74, 6) is -0.566. The lowest BCUT2D eigenvalue weighted by atomic mass is 9.92. The Kier molecular flexibility index (Phi) is 7.46. The largest absolute Gasteiger partial charge is 0.493 e. The molecule has 0 heterocycles. The monoisotopic (exact) mass is 427 g/mol. The molecule has 0 spiro atoms. The van der Waals surface area contributed by atoms with E-state index in [0.717, 1.165) is 0 Å². The van der Waals surface area contributed by atoms with E-state index in [2.05, 4.69) is 5.32 Å². The van der Waals surface area contributed by atoms with Crippen molar-refractivity contribution in [2.45, 2.75) is 45.3 Å². The number of carboxylic acid groups (broad SMARTS) is 1. The zero-order valence-electron chi connectivity index (χ0n) is 18.4. The molecule has 7 heteroatoms. The molecule has 0 unspecified atom stereocenters. The van der Waals surface area contributed by atoms with Crippen LogP contribution < -0.4 is 14.8 Å². The van der Waals surface area contributed by atoms with Crippen LogP contribution >= 0.6 is 0 Å². The molecule has 0 atom stereocenters. The number of anilines is 1. The summed E-state index contributed by atoms with van der Waals surface area (Å²) in [6, 6.07) is 11.4. The molecule has 0 saturated carbocycles. The number of rotatable bonds is 9. The third-order valence-electron chi connectivity index (χ3n) is 4.27. The number of para-hydroxylation sites is 1. The number of aliphatic hydroxyl groups is 1. The van der Waals surface area contributed by atoms with Crippen LogP contribution in [0.15, 0.2) is 48.5 Å². The third kappa shape index (κ3) is 7.46. The number of hydrogen-bond donors (Lipinski definition) is 3. The number of nitrogens with one attached hydrogen (secondary N) is 1. The Balaban J connectivity index is 2.13. The van der Waals surface area contributed by atoms with Crippen molar-refractivity contribution in [3.63, 3.8) is 0 Å². The van der Waals surface area contributed by atoms with E-state index in [0.29, 0.717) is 23.5 Å². The zero-order chi connectivity index (χ0) is 23.2. The van der Waals surface area contributed by atoms with Gasteiger partial charge in [-0.3, -0.25) is 4.79 Å². The minimum atomic E-state index is -1.12. The maximum atomic E-state index is 12.2. The van der Waals surface area contributed by atoms with E-state index in [-0.39, 0.29) is 11.3 Å². The maximum absolute atomic E-state index is 12.2. The van der Waals surface area contributed by atoms with E-state index in [9.17, 15) is 19.8 Å². The molecule has 2 rings (SSSR count). The first-order chi connectivity index (χ1) is 14.4. The number of hydrogen-bond acceptors (Lipinski definition) is 5. The van der Waals surface area contributed by atoms with Crippen molar-refractivity contribution in [3.8, 4) is 11.5 Å². The van der Waals surface area contributed by atoms with Crippen molar-refractivity contribution in [2.75, 3.05) is 12.4 Å². The first-order valence-electron chi connectivity index (χ1n) is 9.81. The molecule has 0 aliphatic carbocycles. The molecule has 166 valence electrons. The molecule has 0 aliphatic rings. The number of ether oxygens (including phenoxy) is 2. The van der Waals surface area contributed by atoms with Crippen LogP contribution in [0, 0.1) is 0 Å². The van der Waals surface area contributed by atoms with E-state index < -0.39 is 23.1 Å². The molecule has 7 nitrogen and oxygen atoms in total. The first-order valence-corrected chi connectivity index (χ1v) is 9.81. The van der Waals surface area contributed by atoms with Gasteiger partial charge in [0, 0.05) is 12.5 Å². The van der Waals surface area contributed by atoms with E-state index in [1.165, 1.54) is 25.3 Å². The molecule has 2 aromatic carbocycles. The summed E-state index contributed by atoms with van der Waals surface area (Å²) in [5, 5.41) is 21.9. The third-order valence-corrected chi connectivity index (χ3v) is 4.27. The predicted molar refractivity (Wildman–Crippen MR) is 120 cm³/mol. The second kappa shape index (κ2) is 9.66. The van der Waals surface area contributed by atoms with Crippen LogP contribution in [0.5, 0.6) is 11.5 Å². The summed E-state index contributed by atoms with van der Waals surface area (Å²) in [5.41, 5.74) is -0.570. The normalized spacial score (nSPS) is 11.9. The summed E-state index contributed by atoms with van der Waals surface area (Å²) in [6.07, 6.45) is 3.32. The lowest BCUT2D eigenvalue weighted by Gasteiger charge is -2.32. The fraction of sp³-hybridized carbons (Fsp3) is 0.333. The van der Waals surface area contributed by atoms with Gasteiger partial charge in [-0.1, -0.05) is 18.2 Å². The topological polar surface area (TPSA) is 105 Å². The van der Waals surface area contributed by atoms with Crippen molar-refractivity contribution in [1.29, 1.82) is 0 Å². The average Bonchev–Trinajstić information content (AvgIpc) is 2.65. The van der Waals surface area contributed by atoms with Gasteiger partial charge < -0.3 is 25.0 Å². The number of amides is 1. The fourth-order valence-electron chi connectivity index (χ4n) is 3.37. The van der Waals surface area contributed by atoms with Crippen molar-refractivity contribution in [1.82, 2.24) is 0 Å². The second-order valence-electron chi connectivity index (χ2n) is 8.43. The molecule has 2 aromatic rings. The minimum absolute atomic E-state index is 0.0149. The highest BCUT2D eigenvalue weighted by atomic mass is 16.5. The fourth-order valence-corrected chi connectivity index (χ4v) is 3.37. The van der Waals surface area contributed by atoms with Gasteiger partial charge in [0.1, 0.15) is 5.60 Å². The van der Waals surface area contributed by atoms with Gasteiger partial charge in [-0.2, -0.15) is 0 Å². The average molecular weight is 427 g/mol. The number of methoxy groups -OCH3 is 1. The van der Waals surface area contributed by atoms with Gasteiger partial charge in [-0.05, 0) is 63.6 Å². The quantitative estimate of drug-likeness (QED) is 0.514. The molecule has 3 N–H and O–H groups in total. The Labute approximate surface area is 182 Å². The van der Waals surface area contributed by atoms with E-state index in [1.54, 1.807) is 50.3 Å². The van der Waals surface area contributed by atoms with Crippen LogP contribution in [0.2, 0.25) is 0 Å². The highest BCUT2D eigenvalue weighted by Gasteiger charge is 2.29. The second-order valence-corrected chi connectivity index (χ2v) is 8.43. The number of carbonyl (C=O) groups is 2. The van der Waals surface area contributed by atoms with Crippen LogP contribution in [-0.4, -0.2) is 40.4 Å². The number of benzene rings is 2. The van der Waals surface area contributed by atoms with Gasteiger partial charge in [0.2, 0.25) is 5.91 Å². The molecule has 1 amide bonds. The molecular weight excluding hydrogens is 398 g/mol. The van der Waals surface area contributed by atoms with Crippen molar-refractivity contribution >= 4 is 23.6 Å². The van der Waals surface area contributed by atoms with Crippen LogP contribution in [0.4, 0.5) is 5.69 Å². The molecule has 0 fully saturated rings. The Morgan fingerprint density at radius 1 is 1.06 bits per heavy atom. The number of aromatic carboxylic acids is 1. The lowest BCUT2D eigenvalue weighted by Crippen LogP contribution is -2.37. The number of carboxylic acids is 1. The van der Waals surface area contributed by atoms with Gasteiger partial charge in [0.25, 0.3) is 0 Å². The Hall–Kier alpha value is -3.32. The summed E-state index contributed by atoms with van der Waals surface area (Å²) < 4.78 is 11.5. The van der Waals surface area contributed by atoms with Gasteiger partial charge in [0.15, 0.2) is 11.5 Å². The molecule has 0 radical (unpaired) electrons. The van der Waals surface area contributed by atoms with Crippen molar-refractivity contribution in [3.05, 3.63) is 59.7 Å². The smallest absolute Gasteiger partial charge is 0.337 e. The molecule has 0 aliphatic heterocycles. The standard InChI is InChI=1S/C24H29NO6/c1-23(2,29)15-24(3,4)31-19-12-10-16(14-20(19)30-5)11-13-21(26)25-18-9-7-6-8-17(18)22(27)28/h6-14,29H,15H2,1-5H3,(H,25,26)(H,27,28)/b13-11+. The minimum Gasteiger partial charge on any atom is -0.493 e. The van der Waals surface area contributed by atoms with Crippen molar-refractivity contribution < 1.29 is 29.3 Å². The highest BCUT2D eigenvalue weighted by molar-refractivity contribution is 6.06. The van der Waals surface area contributed by atoms with Gasteiger partial charge in [0.05, 0.1) is 24.0 Å². The van der Waals surface area contributed by atoms with Crippen LogP contribution in [0.3, 0.4) is 0 Å². The van der Waals surface area contributed by atoms with Crippen molar-refractivity contribution in [2.24, 2.45) is 0 Å². The predicted octanol–water partition coefficient (Wildman–Crippen LogP) is 4.36. The highest BCUT2D eigenvalue weighted by Crippen LogP contribution is 2.34. The van der Waals surface area contributed by atoms with Gasteiger partial charge in [-0.15, -0.1) is 0 Å². The maximum Gasteiger partial charge on any atom is 0.337 e. The SMILES string of the molecule is COc1cc(/C=C/C(=O)Nc2ccccc2C(=O)O)ccc1OC(C)(C)CC(C)(C)O. The van der Waals surface area contributed by atoms with Crippen LogP contribution in [0.1, 0.15) is 50.0 Å². The zero-order valence-corrected chi connectivity index (χ0v) is 18.4. The Morgan fingerprint density at radius 2 is 1.74 bits per heavy atom. The van der Waals surface area contributed by atoms with Gasteiger partial charge in [-0.25, -0.2) is 4.79 Å². The molecule has 0 saturated heterocycles. The van der Waals surface area contributed by atoms with Gasteiger partial charge >= 0.3 is 5.97 Å². The van der Waals surface area contributed by atoms with Crippen LogP contribution in [0.25, 0.3) is 6.08 Å². The summed E-state index contributed by atoms with van der Waals surface area (Å²) in [6.45, 7) is 7.22. The molecule has 0 bridgehead atoms. The number of carbonyl (C=O) groups excluding carboxylic acids is 1. The molecular formula is C24H29NO6. The summed E-state index contributed by atoms with van der Waals surface area (Å²) in [4.78, 5) is 23.5. The molecule has 31 heavy (non-hydrogen) atoms. The van der Waals surface area contributed by atoms with E-state index >= 15 is 0 Å². The molecule has 0 aromatic heterocycles. The Bertz CT molecular complexity index is 972. The van der Waals surface area contributed by atoms with E-state index in [1.807, 2.05) is 13.8 Å². The summed E-state index contributed by atoms with van der Waals surface area (Å²) in [7, 11) is 1.52. The lowest BCUT2D eigenvalue weighted by molar-refractivity contribution is -0.111. The van der Waals surface area contributed by atoms with Crippen LogP contribution in [-0.2, 0) is 4.79 Å². The summed E-state index contributed by atoms with van der Waals surface area (Å²) >= 11 is 0. The Morgan fingerprint density at radius 3 is 2.35 bits per heavy atom. The van der Waals surface area contributed by atoms with E-state index in [4.69, 9.17) is 9.47 Å².